The number of rotatable bonds is 0. The Kier molecular flexibility index (Phi) is 4.27. The number of hydrogen-bond donors (Lipinski definition) is 0. The molecule has 3 aliphatic rings. The lowest BCUT2D eigenvalue weighted by atomic mass is 9.69. The minimum Gasteiger partial charge on any atom is -0.458 e. The van der Waals surface area contributed by atoms with E-state index in [0.29, 0.717) is 30.4 Å². The van der Waals surface area contributed by atoms with Crippen LogP contribution >= 0.6 is 0 Å². The van der Waals surface area contributed by atoms with Crippen molar-refractivity contribution in [3.8, 4) is 0 Å². The van der Waals surface area contributed by atoms with Gasteiger partial charge in [0.25, 0.3) is 0 Å². The number of esters is 1. The van der Waals surface area contributed by atoms with Gasteiger partial charge in [0, 0.05) is 29.9 Å². The quantitative estimate of drug-likeness (QED) is 0.637. The Morgan fingerprint density at radius 2 is 1.92 bits per heavy atom. The number of hydrogen-bond acceptors (Lipinski definition) is 4. The van der Waals surface area contributed by atoms with Crippen molar-refractivity contribution in [3.05, 3.63) is 22.8 Å². The molecule has 4 atom stereocenters. The molecule has 0 aromatic rings. The zero-order valence-electron chi connectivity index (χ0n) is 15.0. The highest BCUT2D eigenvalue weighted by atomic mass is 16.5. The van der Waals surface area contributed by atoms with Crippen LogP contribution in [-0.4, -0.2) is 23.6 Å². The van der Waals surface area contributed by atoms with Crippen LogP contribution in [0, 0.1) is 17.3 Å². The molecule has 1 saturated carbocycles. The van der Waals surface area contributed by atoms with Crippen molar-refractivity contribution in [1.82, 2.24) is 0 Å². The molecule has 0 bridgehead atoms. The molecule has 0 aromatic carbocycles. The molecule has 0 spiro atoms. The van der Waals surface area contributed by atoms with E-state index in [9.17, 15) is 14.4 Å². The molecule has 2 aliphatic carbocycles. The first-order chi connectivity index (χ1) is 11.2. The fraction of sp³-hybridized carbons (Fsp3) is 0.650. The number of ether oxygens (including phenoxy) is 1. The predicted molar refractivity (Wildman–Crippen MR) is 90.2 cm³/mol. The predicted octanol–water partition coefficient (Wildman–Crippen LogP) is 3.55. The van der Waals surface area contributed by atoms with E-state index in [1.807, 2.05) is 13.8 Å². The smallest absolute Gasteiger partial charge is 0.334 e. The van der Waals surface area contributed by atoms with Gasteiger partial charge in [-0.1, -0.05) is 19.4 Å². The third-order valence-corrected chi connectivity index (χ3v) is 5.95. The van der Waals surface area contributed by atoms with Crippen LogP contribution in [0.3, 0.4) is 0 Å². The van der Waals surface area contributed by atoms with Gasteiger partial charge in [0.1, 0.15) is 6.10 Å². The maximum Gasteiger partial charge on any atom is 0.334 e. The average Bonchev–Trinajstić information content (AvgIpc) is 2.73. The highest BCUT2D eigenvalue weighted by molar-refractivity contribution is 6.07. The number of carbonyl (C=O) groups excluding carboxylic acids is 3. The second-order valence-corrected chi connectivity index (χ2v) is 8.22. The molecule has 0 radical (unpaired) electrons. The SMILES string of the molecule is CC1=CC(=O)C[C@@H](C)C[C@H]2OC(=O)C(C)=C3C(=O)C[C@@](C)(CC1)[C@@H]32. The van der Waals surface area contributed by atoms with Gasteiger partial charge in [0.2, 0.25) is 0 Å². The fourth-order valence-electron chi connectivity index (χ4n) is 4.71. The van der Waals surface area contributed by atoms with E-state index in [4.69, 9.17) is 4.74 Å². The molecule has 4 heteroatoms. The second-order valence-electron chi connectivity index (χ2n) is 8.22. The molecule has 0 amide bonds. The number of Topliss-reactive ketones (excluding diaryl/α,β-unsaturated/α-hetero) is 1. The van der Waals surface area contributed by atoms with Gasteiger partial charge in [-0.15, -0.1) is 0 Å². The maximum absolute atomic E-state index is 12.7. The van der Waals surface area contributed by atoms with Crippen molar-refractivity contribution in [1.29, 1.82) is 0 Å². The normalized spacial score (nSPS) is 37.6. The topological polar surface area (TPSA) is 60.4 Å². The van der Waals surface area contributed by atoms with E-state index in [1.54, 1.807) is 13.0 Å². The summed E-state index contributed by atoms with van der Waals surface area (Å²) in [6, 6.07) is 0. The highest BCUT2D eigenvalue weighted by Crippen LogP contribution is 2.54. The molecule has 0 N–H and O–H groups in total. The lowest BCUT2D eigenvalue weighted by Gasteiger charge is -2.40. The van der Waals surface area contributed by atoms with E-state index in [2.05, 4.69) is 6.92 Å². The first-order valence-corrected chi connectivity index (χ1v) is 8.86. The van der Waals surface area contributed by atoms with Crippen LogP contribution < -0.4 is 0 Å². The standard InChI is InChI=1S/C20H26O4/c1-11-5-6-20(4)10-15(22)17-13(3)19(23)24-16(18(17)20)9-12(2)8-14(21)7-11/h7,12,16,18H,5-6,8-10H2,1-4H3/t12-,16-,18-,20-/m1/s1. The molecule has 1 fully saturated rings. The van der Waals surface area contributed by atoms with Crippen LogP contribution in [-0.2, 0) is 19.1 Å². The van der Waals surface area contributed by atoms with Gasteiger partial charge < -0.3 is 4.74 Å². The summed E-state index contributed by atoms with van der Waals surface area (Å²) >= 11 is 0. The summed E-state index contributed by atoms with van der Waals surface area (Å²) in [5, 5.41) is 0. The van der Waals surface area contributed by atoms with Crippen LogP contribution in [0.5, 0.6) is 0 Å². The molecular weight excluding hydrogens is 304 g/mol. The Bertz CT molecular complexity index is 669. The Morgan fingerprint density at radius 1 is 1.21 bits per heavy atom. The van der Waals surface area contributed by atoms with Crippen molar-refractivity contribution in [2.24, 2.45) is 17.3 Å². The summed E-state index contributed by atoms with van der Waals surface area (Å²) < 4.78 is 5.72. The minimum absolute atomic E-state index is 0.0360. The average molecular weight is 330 g/mol. The first kappa shape index (κ1) is 17.1. The monoisotopic (exact) mass is 330 g/mol. The van der Waals surface area contributed by atoms with Crippen molar-refractivity contribution in [2.75, 3.05) is 0 Å². The second kappa shape index (κ2) is 5.98. The van der Waals surface area contributed by atoms with Gasteiger partial charge in [-0.25, -0.2) is 4.79 Å². The van der Waals surface area contributed by atoms with E-state index in [0.717, 1.165) is 18.4 Å². The van der Waals surface area contributed by atoms with Crippen molar-refractivity contribution in [3.63, 3.8) is 0 Å². The Morgan fingerprint density at radius 3 is 2.62 bits per heavy atom. The lowest BCUT2D eigenvalue weighted by molar-refractivity contribution is -0.152. The van der Waals surface area contributed by atoms with Gasteiger partial charge in [-0.2, -0.15) is 0 Å². The van der Waals surface area contributed by atoms with E-state index >= 15 is 0 Å². The third-order valence-electron chi connectivity index (χ3n) is 5.95. The van der Waals surface area contributed by atoms with Crippen molar-refractivity contribution < 1.29 is 19.1 Å². The Hall–Kier alpha value is -1.71. The minimum atomic E-state index is -0.369. The first-order valence-electron chi connectivity index (χ1n) is 8.86. The van der Waals surface area contributed by atoms with Gasteiger partial charge in [0.15, 0.2) is 11.6 Å². The van der Waals surface area contributed by atoms with Crippen LogP contribution in [0.2, 0.25) is 0 Å². The molecule has 24 heavy (non-hydrogen) atoms. The molecule has 3 rings (SSSR count). The van der Waals surface area contributed by atoms with Crippen molar-refractivity contribution >= 4 is 17.5 Å². The molecule has 1 aliphatic heterocycles. The molecule has 0 unspecified atom stereocenters. The van der Waals surface area contributed by atoms with E-state index < -0.39 is 0 Å². The van der Waals surface area contributed by atoms with Gasteiger partial charge in [-0.3, -0.25) is 9.59 Å². The van der Waals surface area contributed by atoms with Crippen LogP contribution in [0.4, 0.5) is 0 Å². The largest absolute Gasteiger partial charge is 0.458 e. The summed E-state index contributed by atoms with van der Waals surface area (Å²) in [5.74, 6) is -0.0405. The zero-order valence-corrected chi connectivity index (χ0v) is 15.0. The summed E-state index contributed by atoms with van der Waals surface area (Å²) in [6.07, 6.45) is 4.64. The molecule has 130 valence electrons. The van der Waals surface area contributed by atoms with E-state index in [1.165, 1.54) is 0 Å². The van der Waals surface area contributed by atoms with Gasteiger partial charge in [-0.05, 0) is 50.5 Å². The summed E-state index contributed by atoms with van der Waals surface area (Å²) in [6.45, 7) is 7.85. The zero-order chi connectivity index (χ0) is 17.6. The van der Waals surface area contributed by atoms with Crippen molar-refractivity contribution in [2.45, 2.75) is 65.9 Å². The maximum atomic E-state index is 12.7. The molecule has 1 heterocycles. The summed E-state index contributed by atoms with van der Waals surface area (Å²) in [4.78, 5) is 37.0. The Balaban J connectivity index is 2.06. The van der Waals surface area contributed by atoms with Crippen LogP contribution in [0.1, 0.15) is 59.8 Å². The Labute approximate surface area is 143 Å². The number of allylic oxidation sites excluding steroid dienone is 2. The summed E-state index contributed by atoms with van der Waals surface area (Å²) in [5.41, 5.74) is 2.04. The molecule has 0 saturated heterocycles. The fourth-order valence-corrected chi connectivity index (χ4v) is 4.71. The number of carbonyl (C=O) groups is 3. The molecule has 0 aromatic heterocycles. The van der Waals surface area contributed by atoms with Crippen LogP contribution in [0.15, 0.2) is 22.8 Å². The third kappa shape index (κ3) is 2.87. The van der Waals surface area contributed by atoms with Gasteiger partial charge in [0.05, 0.1) is 0 Å². The van der Waals surface area contributed by atoms with Crippen LogP contribution in [0.25, 0.3) is 0 Å². The molecular formula is C20H26O4. The van der Waals surface area contributed by atoms with E-state index in [-0.39, 0.29) is 40.9 Å². The van der Waals surface area contributed by atoms with Gasteiger partial charge >= 0.3 is 5.97 Å². The number of ketones is 2. The summed E-state index contributed by atoms with van der Waals surface area (Å²) in [7, 11) is 0. The molecule has 4 nitrogen and oxygen atoms in total. The highest BCUT2D eigenvalue weighted by Gasteiger charge is 2.54. The lowest BCUT2D eigenvalue weighted by Crippen LogP contribution is -2.41.